The maximum Gasteiger partial charge on any atom is 0.0885 e. The second-order valence-corrected chi connectivity index (χ2v) is 3.15. The van der Waals surface area contributed by atoms with E-state index in [9.17, 15) is 0 Å². The summed E-state index contributed by atoms with van der Waals surface area (Å²) in [4.78, 5) is 0. The zero-order valence-electron chi connectivity index (χ0n) is 6.54. The molecule has 58 valence electrons. The van der Waals surface area contributed by atoms with Crippen molar-refractivity contribution in [2.75, 3.05) is 6.54 Å². The number of oxime groups is 1. The Morgan fingerprint density at radius 2 is 2.30 bits per heavy atom. The highest BCUT2D eigenvalue weighted by atomic mass is 16.4. The molecule has 0 unspecified atom stereocenters. The molecule has 3 nitrogen and oxygen atoms in total. The minimum absolute atomic E-state index is 0.446. The number of hydrogen-bond acceptors (Lipinski definition) is 2. The normalized spacial score (nSPS) is 38.4. The first-order chi connectivity index (χ1) is 4.74. The lowest BCUT2D eigenvalue weighted by atomic mass is 9.95. The van der Waals surface area contributed by atoms with E-state index in [0.717, 1.165) is 18.7 Å². The van der Waals surface area contributed by atoms with Crippen LogP contribution in [0, 0.1) is 5.92 Å². The zero-order chi connectivity index (χ0) is 7.56. The highest BCUT2D eigenvalue weighted by Gasteiger charge is 2.23. The average molecular weight is 143 g/mol. The lowest BCUT2D eigenvalue weighted by molar-refractivity contribution is -0.691. The van der Waals surface area contributed by atoms with Crippen molar-refractivity contribution in [1.29, 1.82) is 0 Å². The van der Waals surface area contributed by atoms with Gasteiger partial charge < -0.3 is 10.5 Å². The van der Waals surface area contributed by atoms with Crippen LogP contribution in [-0.4, -0.2) is 23.5 Å². The Hall–Kier alpha value is -0.570. The van der Waals surface area contributed by atoms with Gasteiger partial charge in [-0.2, -0.15) is 0 Å². The van der Waals surface area contributed by atoms with Crippen molar-refractivity contribution in [2.24, 2.45) is 11.1 Å². The number of nitrogens with zero attached hydrogens (tertiary/aromatic N) is 1. The van der Waals surface area contributed by atoms with Crippen LogP contribution in [0.15, 0.2) is 5.16 Å². The van der Waals surface area contributed by atoms with Crippen molar-refractivity contribution >= 4 is 5.71 Å². The standard InChI is InChI=1S/C7H14N2O/c1-5-4-8-6(2)3-7(5)9-10/h5-6,8,10H,3-4H2,1-2H3/p+1/b9-7+/t5-,6-/m0/s1. The van der Waals surface area contributed by atoms with Crippen molar-refractivity contribution in [1.82, 2.24) is 0 Å². The fraction of sp³-hybridized carbons (Fsp3) is 0.857. The van der Waals surface area contributed by atoms with Crippen molar-refractivity contribution < 1.29 is 10.5 Å². The van der Waals surface area contributed by atoms with Crippen molar-refractivity contribution in [3.63, 3.8) is 0 Å². The Kier molecular flexibility index (Phi) is 2.27. The van der Waals surface area contributed by atoms with E-state index < -0.39 is 0 Å². The molecule has 2 atom stereocenters. The van der Waals surface area contributed by atoms with Crippen LogP contribution in [0.2, 0.25) is 0 Å². The molecular weight excluding hydrogens is 128 g/mol. The summed E-state index contributed by atoms with van der Waals surface area (Å²) in [5.41, 5.74) is 0.954. The summed E-state index contributed by atoms with van der Waals surface area (Å²) < 4.78 is 0. The van der Waals surface area contributed by atoms with Gasteiger partial charge in [-0.05, 0) is 6.92 Å². The summed E-state index contributed by atoms with van der Waals surface area (Å²) >= 11 is 0. The molecule has 0 aromatic heterocycles. The van der Waals surface area contributed by atoms with Gasteiger partial charge in [-0.25, -0.2) is 0 Å². The summed E-state index contributed by atoms with van der Waals surface area (Å²) in [5, 5.41) is 14.1. The molecular formula is C7H15N2O+. The van der Waals surface area contributed by atoms with Crippen LogP contribution in [0.1, 0.15) is 20.3 Å². The van der Waals surface area contributed by atoms with E-state index in [-0.39, 0.29) is 0 Å². The van der Waals surface area contributed by atoms with Crippen LogP contribution < -0.4 is 5.32 Å². The van der Waals surface area contributed by atoms with Gasteiger partial charge in [-0.3, -0.25) is 0 Å². The minimum Gasteiger partial charge on any atom is -0.411 e. The molecule has 0 saturated carbocycles. The van der Waals surface area contributed by atoms with Gasteiger partial charge in [0.05, 0.1) is 18.3 Å². The molecule has 10 heavy (non-hydrogen) atoms. The SMILES string of the molecule is C[C@H]1C/C(=N\O)[C@@H](C)C[NH2+]1. The number of piperidine rings is 1. The van der Waals surface area contributed by atoms with Gasteiger partial charge in [0, 0.05) is 12.3 Å². The Balaban J connectivity index is 2.54. The molecule has 0 aromatic rings. The average Bonchev–Trinajstić information content (AvgIpc) is 1.94. The maximum atomic E-state index is 8.55. The lowest BCUT2D eigenvalue weighted by Gasteiger charge is -2.22. The molecule has 1 fully saturated rings. The van der Waals surface area contributed by atoms with Gasteiger partial charge in [0.2, 0.25) is 0 Å². The van der Waals surface area contributed by atoms with Gasteiger partial charge in [-0.1, -0.05) is 12.1 Å². The van der Waals surface area contributed by atoms with E-state index in [0.29, 0.717) is 12.0 Å². The molecule has 3 heteroatoms. The Morgan fingerprint density at radius 1 is 1.60 bits per heavy atom. The molecule has 0 bridgehead atoms. The van der Waals surface area contributed by atoms with Crippen LogP contribution in [0.4, 0.5) is 0 Å². The van der Waals surface area contributed by atoms with E-state index in [1.54, 1.807) is 0 Å². The Labute approximate surface area is 61.1 Å². The first-order valence-corrected chi connectivity index (χ1v) is 3.78. The van der Waals surface area contributed by atoms with E-state index in [1.165, 1.54) is 0 Å². The zero-order valence-corrected chi connectivity index (χ0v) is 6.54. The van der Waals surface area contributed by atoms with E-state index in [1.807, 2.05) is 0 Å². The van der Waals surface area contributed by atoms with Crippen LogP contribution >= 0.6 is 0 Å². The highest BCUT2D eigenvalue weighted by molar-refractivity contribution is 5.86. The first kappa shape index (κ1) is 7.54. The Morgan fingerprint density at radius 3 is 2.80 bits per heavy atom. The molecule has 0 amide bonds. The topological polar surface area (TPSA) is 49.2 Å². The largest absolute Gasteiger partial charge is 0.411 e. The molecule has 1 rings (SSSR count). The maximum absolute atomic E-state index is 8.55. The molecule has 0 aromatic carbocycles. The van der Waals surface area contributed by atoms with Gasteiger partial charge in [0.1, 0.15) is 0 Å². The van der Waals surface area contributed by atoms with Crippen molar-refractivity contribution in [3.8, 4) is 0 Å². The smallest absolute Gasteiger partial charge is 0.0885 e. The Bertz CT molecular complexity index is 145. The van der Waals surface area contributed by atoms with Crippen LogP contribution in [-0.2, 0) is 0 Å². The minimum atomic E-state index is 0.446. The molecule has 1 heterocycles. The fourth-order valence-corrected chi connectivity index (χ4v) is 1.33. The second kappa shape index (κ2) is 3.01. The molecule has 1 aliphatic rings. The van der Waals surface area contributed by atoms with Gasteiger partial charge in [0.25, 0.3) is 0 Å². The number of quaternary nitrogens is 1. The fourth-order valence-electron chi connectivity index (χ4n) is 1.33. The number of nitrogens with two attached hydrogens (primary N) is 1. The third-order valence-electron chi connectivity index (χ3n) is 2.12. The van der Waals surface area contributed by atoms with E-state index in [2.05, 4.69) is 24.3 Å². The van der Waals surface area contributed by atoms with Gasteiger partial charge in [0.15, 0.2) is 0 Å². The molecule has 0 radical (unpaired) electrons. The van der Waals surface area contributed by atoms with Crippen LogP contribution in [0.3, 0.4) is 0 Å². The highest BCUT2D eigenvalue weighted by Crippen LogP contribution is 2.05. The molecule has 3 N–H and O–H groups in total. The van der Waals surface area contributed by atoms with Crippen molar-refractivity contribution in [3.05, 3.63) is 0 Å². The third-order valence-corrected chi connectivity index (χ3v) is 2.12. The number of rotatable bonds is 0. The molecule has 1 aliphatic heterocycles. The third kappa shape index (κ3) is 1.48. The summed E-state index contributed by atoms with van der Waals surface area (Å²) in [6.07, 6.45) is 0.928. The number of hydrogen-bond donors (Lipinski definition) is 2. The van der Waals surface area contributed by atoms with Crippen LogP contribution in [0.5, 0.6) is 0 Å². The predicted octanol–water partition coefficient (Wildman–Crippen LogP) is -0.192. The monoisotopic (exact) mass is 143 g/mol. The van der Waals surface area contributed by atoms with E-state index >= 15 is 0 Å². The summed E-state index contributed by atoms with van der Waals surface area (Å²) in [5.74, 6) is 0.446. The first-order valence-electron chi connectivity index (χ1n) is 3.78. The summed E-state index contributed by atoms with van der Waals surface area (Å²) in [7, 11) is 0. The van der Waals surface area contributed by atoms with E-state index in [4.69, 9.17) is 5.21 Å². The quantitative estimate of drug-likeness (QED) is 0.358. The van der Waals surface area contributed by atoms with Crippen molar-refractivity contribution in [2.45, 2.75) is 26.3 Å². The summed E-state index contributed by atoms with van der Waals surface area (Å²) in [6, 6.07) is 0.585. The second-order valence-electron chi connectivity index (χ2n) is 3.15. The predicted molar refractivity (Wildman–Crippen MR) is 39.3 cm³/mol. The van der Waals surface area contributed by atoms with Crippen LogP contribution in [0.25, 0.3) is 0 Å². The van der Waals surface area contributed by atoms with Gasteiger partial charge in [-0.15, -0.1) is 0 Å². The molecule has 0 aliphatic carbocycles. The summed E-state index contributed by atoms with van der Waals surface area (Å²) in [6.45, 7) is 5.30. The molecule has 1 saturated heterocycles. The van der Waals surface area contributed by atoms with Gasteiger partial charge >= 0.3 is 0 Å². The lowest BCUT2D eigenvalue weighted by Crippen LogP contribution is -2.92. The molecule has 0 spiro atoms.